The molecule has 3 nitrogen and oxygen atoms in total. The zero-order valence-corrected chi connectivity index (χ0v) is 11.4. The molecule has 100 valence electrons. The molecule has 19 heavy (non-hydrogen) atoms. The van der Waals surface area contributed by atoms with Gasteiger partial charge in [0.1, 0.15) is 17.6 Å². The molecule has 0 aromatic heterocycles. The number of aliphatic hydroxyl groups excluding tert-OH is 1. The lowest BCUT2D eigenvalue weighted by molar-refractivity contribution is 0.214. The van der Waals surface area contributed by atoms with Gasteiger partial charge < -0.3 is 14.6 Å². The summed E-state index contributed by atoms with van der Waals surface area (Å²) in [5, 5.41) is 10.4. The molecule has 1 unspecified atom stereocenters. The van der Waals surface area contributed by atoms with Crippen LogP contribution in [0.4, 0.5) is 0 Å². The Balaban J connectivity index is 2.34. The molecule has 0 radical (unpaired) electrons. The van der Waals surface area contributed by atoms with E-state index in [1.165, 1.54) is 0 Å². The molecule has 0 saturated carbocycles. The molecule has 0 aliphatic carbocycles. The first-order valence-electron chi connectivity index (χ1n) is 6.12. The lowest BCUT2D eigenvalue weighted by Gasteiger charge is -2.16. The number of methoxy groups -OCH3 is 2. The van der Waals surface area contributed by atoms with Crippen molar-refractivity contribution in [3.05, 3.63) is 59.2 Å². The van der Waals surface area contributed by atoms with E-state index in [4.69, 9.17) is 9.47 Å². The van der Waals surface area contributed by atoms with Crippen molar-refractivity contribution in [2.75, 3.05) is 14.2 Å². The molecule has 0 aliphatic heterocycles. The third kappa shape index (κ3) is 2.88. The Morgan fingerprint density at radius 3 is 2.21 bits per heavy atom. The fourth-order valence-electron chi connectivity index (χ4n) is 2.01. The summed E-state index contributed by atoms with van der Waals surface area (Å²) in [5.41, 5.74) is 2.67. The molecule has 2 aromatic carbocycles. The van der Waals surface area contributed by atoms with E-state index in [0.29, 0.717) is 5.75 Å². The molecule has 0 saturated heterocycles. The predicted molar refractivity (Wildman–Crippen MR) is 74.8 cm³/mol. The summed E-state index contributed by atoms with van der Waals surface area (Å²) in [4.78, 5) is 0. The maximum atomic E-state index is 10.4. The molecule has 0 amide bonds. The van der Waals surface area contributed by atoms with Gasteiger partial charge in [-0.25, -0.2) is 0 Å². The van der Waals surface area contributed by atoms with Gasteiger partial charge in [0.25, 0.3) is 0 Å². The molecule has 3 heteroatoms. The van der Waals surface area contributed by atoms with E-state index in [1.54, 1.807) is 14.2 Å². The lowest BCUT2D eigenvalue weighted by Crippen LogP contribution is -2.02. The number of aliphatic hydroxyl groups is 1. The van der Waals surface area contributed by atoms with Crippen molar-refractivity contribution in [1.29, 1.82) is 0 Å². The highest BCUT2D eigenvalue weighted by Crippen LogP contribution is 2.31. The summed E-state index contributed by atoms with van der Waals surface area (Å²) in [7, 11) is 3.23. The highest BCUT2D eigenvalue weighted by Gasteiger charge is 2.15. The number of ether oxygens (including phenoxy) is 2. The van der Waals surface area contributed by atoms with E-state index in [2.05, 4.69) is 0 Å². The van der Waals surface area contributed by atoms with Crippen molar-refractivity contribution in [3.8, 4) is 11.5 Å². The number of aryl methyl sites for hydroxylation is 1. The summed E-state index contributed by atoms with van der Waals surface area (Å²) in [6.45, 7) is 1.99. The Bertz CT molecular complexity index is 546. The number of rotatable bonds is 4. The topological polar surface area (TPSA) is 38.7 Å². The minimum atomic E-state index is -0.707. The summed E-state index contributed by atoms with van der Waals surface area (Å²) in [6, 6.07) is 13.1. The maximum Gasteiger partial charge on any atom is 0.125 e. The predicted octanol–water partition coefficient (Wildman–Crippen LogP) is 3.09. The van der Waals surface area contributed by atoms with Gasteiger partial charge in [-0.2, -0.15) is 0 Å². The summed E-state index contributed by atoms with van der Waals surface area (Å²) < 4.78 is 10.4. The van der Waals surface area contributed by atoms with Crippen molar-refractivity contribution < 1.29 is 14.6 Å². The molecule has 1 atom stereocenters. The van der Waals surface area contributed by atoms with Gasteiger partial charge in [-0.3, -0.25) is 0 Å². The highest BCUT2D eigenvalue weighted by atomic mass is 16.5. The highest BCUT2D eigenvalue weighted by molar-refractivity contribution is 5.43. The third-order valence-corrected chi connectivity index (χ3v) is 3.12. The van der Waals surface area contributed by atoms with Gasteiger partial charge in [0.05, 0.1) is 14.2 Å². The summed E-state index contributed by atoms with van der Waals surface area (Å²) >= 11 is 0. The first-order chi connectivity index (χ1) is 9.15. The van der Waals surface area contributed by atoms with Crippen molar-refractivity contribution in [2.45, 2.75) is 13.0 Å². The lowest BCUT2D eigenvalue weighted by atomic mass is 9.99. The fourth-order valence-corrected chi connectivity index (χ4v) is 2.01. The van der Waals surface area contributed by atoms with Gasteiger partial charge in [0.2, 0.25) is 0 Å². The van der Waals surface area contributed by atoms with E-state index >= 15 is 0 Å². The zero-order valence-electron chi connectivity index (χ0n) is 11.4. The Hall–Kier alpha value is -2.00. The Labute approximate surface area is 113 Å². The van der Waals surface area contributed by atoms with E-state index in [1.807, 2.05) is 49.4 Å². The average Bonchev–Trinajstić information content (AvgIpc) is 2.46. The van der Waals surface area contributed by atoms with Gasteiger partial charge in [-0.15, -0.1) is 0 Å². The molecule has 0 aliphatic rings. The molecule has 2 rings (SSSR count). The number of hydrogen-bond acceptors (Lipinski definition) is 3. The van der Waals surface area contributed by atoms with Crippen LogP contribution in [-0.4, -0.2) is 19.3 Å². The summed E-state index contributed by atoms with van der Waals surface area (Å²) in [6.07, 6.45) is -0.707. The molecular formula is C16H18O3. The van der Waals surface area contributed by atoms with Crippen LogP contribution in [0, 0.1) is 6.92 Å². The van der Waals surface area contributed by atoms with Gasteiger partial charge in [0.15, 0.2) is 0 Å². The molecule has 0 heterocycles. The smallest absolute Gasteiger partial charge is 0.125 e. The fraction of sp³-hybridized carbons (Fsp3) is 0.250. The molecule has 2 aromatic rings. The van der Waals surface area contributed by atoms with Crippen molar-refractivity contribution >= 4 is 0 Å². The van der Waals surface area contributed by atoms with Crippen molar-refractivity contribution in [2.24, 2.45) is 0 Å². The minimum Gasteiger partial charge on any atom is -0.497 e. The van der Waals surface area contributed by atoms with Crippen LogP contribution in [0.25, 0.3) is 0 Å². The van der Waals surface area contributed by atoms with Crippen LogP contribution in [0.1, 0.15) is 22.8 Å². The van der Waals surface area contributed by atoms with E-state index in [0.717, 1.165) is 22.4 Å². The van der Waals surface area contributed by atoms with Crippen LogP contribution in [0.2, 0.25) is 0 Å². The molecular weight excluding hydrogens is 240 g/mol. The van der Waals surface area contributed by atoms with Gasteiger partial charge in [-0.05, 0) is 36.2 Å². The van der Waals surface area contributed by atoms with Crippen LogP contribution < -0.4 is 9.47 Å². The van der Waals surface area contributed by atoms with E-state index < -0.39 is 6.10 Å². The Morgan fingerprint density at radius 2 is 1.63 bits per heavy atom. The van der Waals surface area contributed by atoms with E-state index in [-0.39, 0.29) is 0 Å². The minimum absolute atomic E-state index is 0.698. The summed E-state index contributed by atoms with van der Waals surface area (Å²) in [5.74, 6) is 1.47. The van der Waals surface area contributed by atoms with Crippen LogP contribution in [0.15, 0.2) is 42.5 Å². The first-order valence-corrected chi connectivity index (χ1v) is 6.12. The molecule has 0 spiro atoms. The Morgan fingerprint density at radius 1 is 0.947 bits per heavy atom. The van der Waals surface area contributed by atoms with Gasteiger partial charge >= 0.3 is 0 Å². The van der Waals surface area contributed by atoms with Crippen LogP contribution in [-0.2, 0) is 0 Å². The SMILES string of the molecule is COc1ccc(C(O)c2ccc(C)cc2OC)cc1. The second-order valence-electron chi connectivity index (χ2n) is 4.42. The maximum absolute atomic E-state index is 10.4. The molecule has 0 fully saturated rings. The quantitative estimate of drug-likeness (QED) is 0.915. The first kappa shape index (κ1) is 13.4. The van der Waals surface area contributed by atoms with Crippen molar-refractivity contribution in [1.82, 2.24) is 0 Å². The third-order valence-electron chi connectivity index (χ3n) is 3.12. The molecule has 1 N–H and O–H groups in total. The second kappa shape index (κ2) is 5.76. The zero-order chi connectivity index (χ0) is 13.8. The van der Waals surface area contributed by atoms with Crippen LogP contribution >= 0.6 is 0 Å². The Kier molecular flexibility index (Phi) is 4.07. The normalized spacial score (nSPS) is 12.0. The van der Waals surface area contributed by atoms with Gasteiger partial charge in [-0.1, -0.05) is 24.3 Å². The largest absolute Gasteiger partial charge is 0.497 e. The number of benzene rings is 2. The van der Waals surface area contributed by atoms with Crippen LogP contribution in [0.5, 0.6) is 11.5 Å². The van der Waals surface area contributed by atoms with E-state index in [9.17, 15) is 5.11 Å². The molecule has 0 bridgehead atoms. The van der Waals surface area contributed by atoms with Gasteiger partial charge in [0, 0.05) is 5.56 Å². The van der Waals surface area contributed by atoms with Crippen LogP contribution in [0.3, 0.4) is 0 Å². The number of hydrogen-bond donors (Lipinski definition) is 1. The standard InChI is InChI=1S/C16H18O3/c1-11-4-9-14(15(10-11)19-3)16(17)12-5-7-13(18-2)8-6-12/h4-10,16-17H,1-3H3. The second-order valence-corrected chi connectivity index (χ2v) is 4.42. The average molecular weight is 258 g/mol. The van der Waals surface area contributed by atoms with Crippen molar-refractivity contribution in [3.63, 3.8) is 0 Å². The monoisotopic (exact) mass is 258 g/mol.